The van der Waals surface area contributed by atoms with Crippen LogP contribution in [0.3, 0.4) is 0 Å². The summed E-state index contributed by atoms with van der Waals surface area (Å²) in [7, 11) is 0. The van der Waals surface area contributed by atoms with Gasteiger partial charge in [0.1, 0.15) is 5.75 Å². The summed E-state index contributed by atoms with van der Waals surface area (Å²) in [5.41, 5.74) is 1.39. The molecule has 1 aromatic carbocycles. The average molecular weight is 199 g/mol. The quantitative estimate of drug-likeness (QED) is 0.699. The Morgan fingerprint density at radius 1 is 1.54 bits per heavy atom. The highest BCUT2D eigenvalue weighted by Crippen LogP contribution is 2.26. The zero-order valence-electron chi connectivity index (χ0n) is 7.63. The van der Waals surface area contributed by atoms with Crippen molar-refractivity contribution in [3.63, 3.8) is 0 Å². The van der Waals surface area contributed by atoms with Crippen LogP contribution in [0.2, 0.25) is 5.02 Å². The van der Waals surface area contributed by atoms with E-state index in [-0.39, 0.29) is 0 Å². The van der Waals surface area contributed by atoms with Gasteiger partial charge in [-0.05, 0) is 31.5 Å². The summed E-state index contributed by atoms with van der Waals surface area (Å²) >= 11 is 5.79. The maximum Gasteiger partial charge on any atom is 0.153 e. The largest absolute Gasteiger partial charge is 0.493 e. The standard InChI is InChI=1S/C10H11ClO2/c1-3-13-10-7(2)4-9(11)5-8(10)6-12/h4-6H,3H2,1-2H3. The predicted molar refractivity (Wildman–Crippen MR) is 52.7 cm³/mol. The van der Waals surface area contributed by atoms with Crippen LogP contribution < -0.4 is 4.74 Å². The fourth-order valence-corrected chi connectivity index (χ4v) is 1.47. The fourth-order valence-electron chi connectivity index (χ4n) is 1.18. The Bertz CT molecular complexity index is 321. The lowest BCUT2D eigenvalue weighted by molar-refractivity contribution is 0.111. The Labute approximate surface area is 82.5 Å². The first kappa shape index (κ1) is 10.1. The smallest absolute Gasteiger partial charge is 0.153 e. The normalized spacial score (nSPS) is 9.77. The molecule has 1 rings (SSSR count). The van der Waals surface area contributed by atoms with Gasteiger partial charge < -0.3 is 4.74 Å². The predicted octanol–water partition coefficient (Wildman–Crippen LogP) is 2.86. The molecule has 0 aromatic heterocycles. The van der Waals surface area contributed by atoms with Crippen LogP contribution in [0.1, 0.15) is 22.8 Å². The molecular formula is C10H11ClO2. The van der Waals surface area contributed by atoms with Gasteiger partial charge in [-0.1, -0.05) is 11.6 Å². The summed E-state index contributed by atoms with van der Waals surface area (Å²) in [5, 5.41) is 0.558. The van der Waals surface area contributed by atoms with Crippen molar-refractivity contribution in [1.82, 2.24) is 0 Å². The van der Waals surface area contributed by atoms with Crippen LogP contribution >= 0.6 is 11.6 Å². The molecule has 0 spiro atoms. The van der Waals surface area contributed by atoms with E-state index >= 15 is 0 Å². The number of aryl methyl sites for hydroxylation is 1. The minimum absolute atomic E-state index is 0.506. The number of hydrogen-bond donors (Lipinski definition) is 0. The molecule has 0 saturated carbocycles. The van der Waals surface area contributed by atoms with Gasteiger partial charge in [0, 0.05) is 5.02 Å². The zero-order valence-corrected chi connectivity index (χ0v) is 8.39. The summed E-state index contributed by atoms with van der Waals surface area (Å²) in [4.78, 5) is 10.7. The van der Waals surface area contributed by atoms with Crippen molar-refractivity contribution < 1.29 is 9.53 Å². The van der Waals surface area contributed by atoms with Crippen LogP contribution in [0.4, 0.5) is 0 Å². The number of benzene rings is 1. The van der Waals surface area contributed by atoms with Crippen molar-refractivity contribution >= 4 is 17.9 Å². The van der Waals surface area contributed by atoms with Crippen molar-refractivity contribution in [2.24, 2.45) is 0 Å². The SMILES string of the molecule is CCOc1c(C)cc(Cl)cc1C=O. The molecule has 0 atom stereocenters. The second-order valence-electron chi connectivity index (χ2n) is 2.69. The van der Waals surface area contributed by atoms with E-state index in [2.05, 4.69) is 0 Å². The molecule has 0 bridgehead atoms. The van der Waals surface area contributed by atoms with Crippen LogP contribution in [0, 0.1) is 6.92 Å². The minimum atomic E-state index is 0.506. The molecule has 0 unspecified atom stereocenters. The maximum absolute atomic E-state index is 10.7. The molecule has 0 aliphatic carbocycles. The highest BCUT2D eigenvalue weighted by molar-refractivity contribution is 6.31. The minimum Gasteiger partial charge on any atom is -0.493 e. The lowest BCUT2D eigenvalue weighted by Crippen LogP contribution is -1.98. The van der Waals surface area contributed by atoms with E-state index in [0.717, 1.165) is 11.8 Å². The number of rotatable bonds is 3. The molecule has 1 aromatic rings. The number of hydrogen-bond acceptors (Lipinski definition) is 2. The van der Waals surface area contributed by atoms with E-state index in [1.165, 1.54) is 0 Å². The molecule has 0 N–H and O–H groups in total. The lowest BCUT2D eigenvalue weighted by atomic mass is 10.1. The van der Waals surface area contributed by atoms with Gasteiger partial charge >= 0.3 is 0 Å². The topological polar surface area (TPSA) is 26.3 Å². The van der Waals surface area contributed by atoms with Crippen molar-refractivity contribution in [3.8, 4) is 5.75 Å². The third kappa shape index (κ3) is 2.22. The van der Waals surface area contributed by atoms with Gasteiger partial charge in [0.15, 0.2) is 6.29 Å². The Kier molecular flexibility index (Phi) is 3.32. The van der Waals surface area contributed by atoms with Gasteiger partial charge in [-0.25, -0.2) is 0 Å². The van der Waals surface area contributed by atoms with E-state index in [9.17, 15) is 4.79 Å². The molecule has 2 nitrogen and oxygen atoms in total. The van der Waals surface area contributed by atoms with Gasteiger partial charge in [0.2, 0.25) is 0 Å². The van der Waals surface area contributed by atoms with Crippen molar-refractivity contribution in [3.05, 3.63) is 28.3 Å². The molecule has 0 radical (unpaired) electrons. The highest BCUT2D eigenvalue weighted by atomic mass is 35.5. The van der Waals surface area contributed by atoms with Crippen LogP contribution in [0.15, 0.2) is 12.1 Å². The first-order valence-electron chi connectivity index (χ1n) is 4.07. The van der Waals surface area contributed by atoms with Gasteiger partial charge in [0.25, 0.3) is 0 Å². The second-order valence-corrected chi connectivity index (χ2v) is 3.13. The summed E-state index contributed by atoms with van der Waals surface area (Å²) in [5.74, 6) is 0.627. The number of aldehydes is 1. The zero-order chi connectivity index (χ0) is 9.84. The molecular weight excluding hydrogens is 188 g/mol. The second kappa shape index (κ2) is 4.28. The highest BCUT2D eigenvalue weighted by Gasteiger charge is 2.07. The first-order chi connectivity index (χ1) is 6.19. The van der Waals surface area contributed by atoms with Gasteiger partial charge in [-0.2, -0.15) is 0 Å². The molecule has 0 heterocycles. The van der Waals surface area contributed by atoms with E-state index in [1.54, 1.807) is 12.1 Å². The summed E-state index contributed by atoms with van der Waals surface area (Å²) in [6, 6.07) is 3.38. The maximum atomic E-state index is 10.7. The van der Waals surface area contributed by atoms with Gasteiger partial charge in [-0.3, -0.25) is 4.79 Å². The summed E-state index contributed by atoms with van der Waals surface area (Å²) in [6.07, 6.45) is 0.754. The van der Waals surface area contributed by atoms with Gasteiger partial charge in [0.05, 0.1) is 12.2 Å². The molecule has 0 aliphatic heterocycles. The van der Waals surface area contributed by atoms with E-state index < -0.39 is 0 Å². The van der Waals surface area contributed by atoms with Gasteiger partial charge in [-0.15, -0.1) is 0 Å². The Morgan fingerprint density at radius 2 is 2.23 bits per heavy atom. The Morgan fingerprint density at radius 3 is 2.77 bits per heavy atom. The molecule has 0 saturated heterocycles. The van der Waals surface area contributed by atoms with Crippen molar-refractivity contribution in [2.75, 3.05) is 6.61 Å². The number of halogens is 1. The van der Waals surface area contributed by atoms with E-state index in [1.807, 2.05) is 13.8 Å². The monoisotopic (exact) mass is 198 g/mol. The number of ether oxygens (including phenoxy) is 1. The lowest BCUT2D eigenvalue weighted by Gasteiger charge is -2.09. The van der Waals surface area contributed by atoms with Crippen molar-refractivity contribution in [1.29, 1.82) is 0 Å². The van der Waals surface area contributed by atoms with E-state index in [4.69, 9.17) is 16.3 Å². The first-order valence-corrected chi connectivity index (χ1v) is 4.45. The Hall–Kier alpha value is -1.02. The molecule has 13 heavy (non-hydrogen) atoms. The Balaban J connectivity index is 3.21. The van der Waals surface area contributed by atoms with E-state index in [0.29, 0.717) is 22.9 Å². The molecule has 0 aliphatic rings. The third-order valence-corrected chi connectivity index (χ3v) is 1.90. The fraction of sp³-hybridized carbons (Fsp3) is 0.300. The van der Waals surface area contributed by atoms with Crippen LogP contribution in [0.25, 0.3) is 0 Å². The molecule has 3 heteroatoms. The van der Waals surface area contributed by atoms with Crippen LogP contribution in [-0.2, 0) is 0 Å². The molecule has 0 amide bonds. The third-order valence-electron chi connectivity index (χ3n) is 1.68. The summed E-state index contributed by atoms with van der Waals surface area (Å²) in [6.45, 7) is 4.29. The number of carbonyl (C=O) groups excluding carboxylic acids is 1. The molecule has 70 valence electrons. The van der Waals surface area contributed by atoms with Crippen LogP contribution in [0.5, 0.6) is 5.75 Å². The molecule has 0 fully saturated rings. The average Bonchev–Trinajstić information content (AvgIpc) is 2.09. The van der Waals surface area contributed by atoms with Crippen LogP contribution in [-0.4, -0.2) is 12.9 Å². The summed E-state index contributed by atoms with van der Waals surface area (Å²) < 4.78 is 5.32. The number of carbonyl (C=O) groups is 1. The van der Waals surface area contributed by atoms with Crippen molar-refractivity contribution in [2.45, 2.75) is 13.8 Å².